The van der Waals surface area contributed by atoms with Crippen molar-refractivity contribution in [2.24, 2.45) is 0 Å². The molecular weight excluding hydrogens is 289 g/mol. The van der Waals surface area contributed by atoms with Gasteiger partial charge in [-0.25, -0.2) is 9.18 Å². The number of carbonyl (C=O) groups excluding carboxylic acids is 2. The average molecular weight is 301 g/mol. The number of anilines is 1. The van der Waals surface area contributed by atoms with Crippen LogP contribution in [-0.2, 0) is 4.79 Å². The first-order valence-electron chi connectivity index (χ1n) is 6.35. The van der Waals surface area contributed by atoms with Crippen molar-refractivity contribution in [1.82, 2.24) is 0 Å². The molecule has 22 heavy (non-hydrogen) atoms. The SMILES string of the molecule is CC(=O)Nc1ccccc1C(=O)c1cccc(F)c1C(=O)O. The summed E-state index contributed by atoms with van der Waals surface area (Å²) in [5, 5.41) is 11.6. The van der Waals surface area contributed by atoms with Gasteiger partial charge in [-0.05, 0) is 24.3 Å². The molecule has 0 aliphatic rings. The van der Waals surface area contributed by atoms with E-state index in [1.54, 1.807) is 12.1 Å². The summed E-state index contributed by atoms with van der Waals surface area (Å²) >= 11 is 0. The smallest absolute Gasteiger partial charge is 0.339 e. The fraction of sp³-hybridized carbons (Fsp3) is 0.0625. The lowest BCUT2D eigenvalue weighted by Crippen LogP contribution is -2.15. The third-order valence-electron chi connectivity index (χ3n) is 2.95. The maximum absolute atomic E-state index is 13.7. The number of ketones is 1. The second-order valence-electron chi connectivity index (χ2n) is 4.52. The van der Waals surface area contributed by atoms with Gasteiger partial charge in [-0.15, -0.1) is 0 Å². The molecule has 0 unspecified atom stereocenters. The summed E-state index contributed by atoms with van der Waals surface area (Å²) < 4.78 is 13.7. The molecule has 2 aromatic rings. The zero-order chi connectivity index (χ0) is 16.3. The van der Waals surface area contributed by atoms with Crippen molar-refractivity contribution in [3.63, 3.8) is 0 Å². The quantitative estimate of drug-likeness (QED) is 0.850. The summed E-state index contributed by atoms with van der Waals surface area (Å²) in [5.74, 6) is -3.58. The third kappa shape index (κ3) is 3.01. The lowest BCUT2D eigenvalue weighted by atomic mass is 9.96. The van der Waals surface area contributed by atoms with Crippen LogP contribution in [0.2, 0.25) is 0 Å². The van der Waals surface area contributed by atoms with Gasteiger partial charge in [-0.3, -0.25) is 9.59 Å². The van der Waals surface area contributed by atoms with E-state index in [-0.39, 0.29) is 22.7 Å². The van der Waals surface area contributed by atoms with Crippen LogP contribution in [-0.4, -0.2) is 22.8 Å². The molecule has 5 nitrogen and oxygen atoms in total. The molecule has 2 N–H and O–H groups in total. The van der Waals surface area contributed by atoms with Gasteiger partial charge >= 0.3 is 5.97 Å². The van der Waals surface area contributed by atoms with Gasteiger partial charge in [0.05, 0.1) is 5.69 Å². The first-order valence-corrected chi connectivity index (χ1v) is 6.35. The largest absolute Gasteiger partial charge is 0.478 e. The summed E-state index contributed by atoms with van der Waals surface area (Å²) in [5.41, 5.74) is -0.637. The molecule has 1 amide bonds. The number of amides is 1. The van der Waals surface area contributed by atoms with Crippen LogP contribution in [0, 0.1) is 5.82 Å². The third-order valence-corrected chi connectivity index (χ3v) is 2.95. The molecule has 0 aliphatic heterocycles. The number of carbonyl (C=O) groups is 3. The van der Waals surface area contributed by atoms with E-state index in [1.165, 1.54) is 31.2 Å². The fourth-order valence-electron chi connectivity index (χ4n) is 2.06. The Bertz CT molecular complexity index is 770. The minimum Gasteiger partial charge on any atom is -0.478 e. The van der Waals surface area contributed by atoms with Gasteiger partial charge < -0.3 is 10.4 Å². The molecule has 2 aromatic carbocycles. The zero-order valence-corrected chi connectivity index (χ0v) is 11.6. The molecular formula is C16H12FNO4. The lowest BCUT2D eigenvalue weighted by Gasteiger charge is -2.11. The Labute approximate surface area is 125 Å². The zero-order valence-electron chi connectivity index (χ0n) is 11.6. The Balaban J connectivity index is 2.57. The summed E-state index contributed by atoms with van der Waals surface area (Å²) in [7, 11) is 0. The minimum absolute atomic E-state index is 0.0887. The van der Waals surface area contributed by atoms with Gasteiger partial charge in [0.2, 0.25) is 5.91 Å². The highest BCUT2D eigenvalue weighted by molar-refractivity contribution is 6.17. The lowest BCUT2D eigenvalue weighted by molar-refractivity contribution is -0.114. The van der Waals surface area contributed by atoms with E-state index in [9.17, 15) is 18.8 Å². The van der Waals surface area contributed by atoms with E-state index in [0.29, 0.717) is 0 Å². The highest BCUT2D eigenvalue weighted by Gasteiger charge is 2.23. The van der Waals surface area contributed by atoms with Crippen LogP contribution in [0.1, 0.15) is 33.2 Å². The van der Waals surface area contributed by atoms with Crippen LogP contribution in [0.3, 0.4) is 0 Å². The Hall–Kier alpha value is -3.02. The van der Waals surface area contributed by atoms with E-state index in [0.717, 1.165) is 6.07 Å². The number of aromatic carboxylic acids is 1. The predicted octanol–water partition coefficient (Wildman–Crippen LogP) is 2.71. The van der Waals surface area contributed by atoms with Crippen LogP contribution >= 0.6 is 0 Å². The normalized spacial score (nSPS) is 10.1. The maximum Gasteiger partial charge on any atom is 0.339 e. The predicted molar refractivity (Wildman–Crippen MR) is 77.5 cm³/mol. The number of nitrogens with one attached hydrogen (secondary N) is 1. The molecule has 6 heteroatoms. The number of rotatable bonds is 4. The Kier molecular flexibility index (Phi) is 4.31. The molecule has 0 atom stereocenters. The van der Waals surface area contributed by atoms with E-state index in [2.05, 4.69) is 5.32 Å². The first-order chi connectivity index (χ1) is 10.4. The van der Waals surface area contributed by atoms with Gasteiger partial charge in [0, 0.05) is 18.1 Å². The van der Waals surface area contributed by atoms with Gasteiger partial charge in [0.1, 0.15) is 11.4 Å². The van der Waals surface area contributed by atoms with Crippen molar-refractivity contribution in [2.45, 2.75) is 6.92 Å². The van der Waals surface area contributed by atoms with Crippen molar-refractivity contribution in [1.29, 1.82) is 0 Å². The number of hydrogen-bond acceptors (Lipinski definition) is 3. The van der Waals surface area contributed by atoms with Crippen LogP contribution in [0.25, 0.3) is 0 Å². The molecule has 0 spiro atoms. The van der Waals surface area contributed by atoms with E-state index in [4.69, 9.17) is 5.11 Å². The number of hydrogen-bond donors (Lipinski definition) is 2. The number of para-hydroxylation sites is 1. The van der Waals surface area contributed by atoms with E-state index >= 15 is 0 Å². The Morgan fingerprint density at radius 3 is 2.27 bits per heavy atom. The molecule has 112 valence electrons. The van der Waals surface area contributed by atoms with Crippen molar-refractivity contribution in [3.8, 4) is 0 Å². The monoisotopic (exact) mass is 301 g/mol. The Morgan fingerprint density at radius 2 is 1.64 bits per heavy atom. The number of carboxylic acids is 1. The van der Waals surface area contributed by atoms with Gasteiger partial charge in [0.15, 0.2) is 5.78 Å². The molecule has 0 heterocycles. The molecule has 0 bridgehead atoms. The average Bonchev–Trinajstić information content (AvgIpc) is 2.45. The standard InChI is InChI=1S/C16H12FNO4/c1-9(19)18-13-8-3-2-5-10(13)15(20)11-6-4-7-12(17)14(11)16(21)22/h2-8H,1H3,(H,18,19)(H,21,22). The van der Waals surface area contributed by atoms with Crippen molar-refractivity contribution < 1.29 is 23.9 Å². The molecule has 0 fully saturated rings. The summed E-state index contributed by atoms with van der Waals surface area (Å²) in [6.07, 6.45) is 0. The van der Waals surface area contributed by atoms with Gasteiger partial charge in [0.25, 0.3) is 0 Å². The molecule has 0 radical (unpaired) electrons. The molecule has 0 saturated heterocycles. The van der Waals surface area contributed by atoms with Crippen molar-refractivity contribution in [2.75, 3.05) is 5.32 Å². The second kappa shape index (κ2) is 6.17. The summed E-state index contributed by atoms with van der Waals surface area (Å²) in [4.78, 5) is 34.9. The molecule has 0 aliphatic carbocycles. The topological polar surface area (TPSA) is 83.5 Å². The molecule has 0 saturated carbocycles. The minimum atomic E-state index is -1.53. The highest BCUT2D eigenvalue weighted by atomic mass is 19.1. The summed E-state index contributed by atoms with van der Waals surface area (Å²) in [6, 6.07) is 9.60. The number of carboxylic acid groups (broad SMARTS) is 1. The number of benzene rings is 2. The van der Waals surface area contributed by atoms with Crippen LogP contribution in [0.4, 0.5) is 10.1 Å². The van der Waals surface area contributed by atoms with Crippen molar-refractivity contribution >= 4 is 23.3 Å². The fourth-order valence-corrected chi connectivity index (χ4v) is 2.06. The van der Waals surface area contributed by atoms with E-state index in [1.807, 2.05) is 0 Å². The summed E-state index contributed by atoms with van der Waals surface area (Å²) in [6.45, 7) is 1.28. The highest BCUT2D eigenvalue weighted by Crippen LogP contribution is 2.23. The molecule has 0 aromatic heterocycles. The second-order valence-corrected chi connectivity index (χ2v) is 4.52. The van der Waals surface area contributed by atoms with Crippen LogP contribution in [0.15, 0.2) is 42.5 Å². The van der Waals surface area contributed by atoms with Crippen LogP contribution < -0.4 is 5.32 Å². The Morgan fingerprint density at radius 1 is 1.00 bits per heavy atom. The van der Waals surface area contributed by atoms with Gasteiger partial charge in [-0.1, -0.05) is 18.2 Å². The van der Waals surface area contributed by atoms with Crippen LogP contribution in [0.5, 0.6) is 0 Å². The maximum atomic E-state index is 13.7. The first kappa shape index (κ1) is 15.4. The van der Waals surface area contributed by atoms with Gasteiger partial charge in [-0.2, -0.15) is 0 Å². The number of halogens is 1. The van der Waals surface area contributed by atoms with Crippen molar-refractivity contribution in [3.05, 3.63) is 65.0 Å². The molecule has 2 rings (SSSR count). The van der Waals surface area contributed by atoms with E-state index < -0.39 is 23.1 Å².